The minimum atomic E-state index is 0.611. The fraction of sp³-hybridized carbons (Fsp3) is 0.286. The number of aromatic nitrogens is 3. The number of benzene rings is 1. The van der Waals surface area contributed by atoms with E-state index in [4.69, 9.17) is 0 Å². The van der Waals surface area contributed by atoms with E-state index in [0.29, 0.717) is 5.92 Å². The van der Waals surface area contributed by atoms with Crippen molar-refractivity contribution in [2.45, 2.75) is 20.4 Å². The van der Waals surface area contributed by atoms with Crippen LogP contribution in [0.1, 0.15) is 13.8 Å². The molecule has 1 aromatic carbocycles. The van der Waals surface area contributed by atoms with Gasteiger partial charge in [-0.2, -0.15) is 0 Å². The number of rotatable bonds is 2. The van der Waals surface area contributed by atoms with Gasteiger partial charge in [0.05, 0.1) is 0 Å². The van der Waals surface area contributed by atoms with Crippen LogP contribution in [0.3, 0.4) is 0 Å². The van der Waals surface area contributed by atoms with Gasteiger partial charge in [-0.3, -0.25) is 0 Å². The number of fused-ring (bicyclic) bond motifs is 3. The maximum atomic E-state index is 4.65. The van der Waals surface area contributed by atoms with E-state index in [-0.39, 0.29) is 0 Å². The second-order valence-electron chi connectivity index (χ2n) is 5.00. The van der Waals surface area contributed by atoms with Gasteiger partial charge in [0.2, 0.25) is 0 Å². The fourth-order valence-corrected chi connectivity index (χ4v) is 3.07. The summed E-state index contributed by atoms with van der Waals surface area (Å²) in [6.07, 6.45) is 1.95. The van der Waals surface area contributed by atoms with Gasteiger partial charge in [0, 0.05) is 0 Å². The van der Waals surface area contributed by atoms with Gasteiger partial charge in [0.1, 0.15) is 0 Å². The summed E-state index contributed by atoms with van der Waals surface area (Å²) < 4.78 is 3.33. The van der Waals surface area contributed by atoms with Crippen molar-refractivity contribution in [1.29, 1.82) is 0 Å². The normalized spacial score (nSPS) is 11.8. The number of pyridine rings is 1. The number of nitrogens with zero attached hydrogens (tertiary/aromatic N) is 3. The van der Waals surface area contributed by atoms with Crippen LogP contribution in [0.15, 0.2) is 30.6 Å². The van der Waals surface area contributed by atoms with Crippen molar-refractivity contribution in [3.63, 3.8) is 0 Å². The predicted octanol–water partition coefficient (Wildman–Crippen LogP) is 1.50. The Morgan fingerprint density at radius 1 is 1.28 bits per heavy atom. The molecule has 3 aromatic rings. The average Bonchev–Trinajstić information content (AvgIpc) is 2.73. The Morgan fingerprint density at radius 2 is 2.06 bits per heavy atom. The predicted molar refractivity (Wildman–Crippen MR) is 78.1 cm³/mol. The van der Waals surface area contributed by atoms with E-state index in [2.05, 4.69) is 46.6 Å². The zero-order chi connectivity index (χ0) is 12.7. The molecule has 92 valence electrons. The minimum absolute atomic E-state index is 0.611. The van der Waals surface area contributed by atoms with Crippen molar-refractivity contribution in [2.24, 2.45) is 5.92 Å². The second kappa shape index (κ2) is 4.40. The van der Waals surface area contributed by atoms with Crippen LogP contribution in [-0.4, -0.2) is 31.4 Å². The van der Waals surface area contributed by atoms with Gasteiger partial charge in [0.25, 0.3) is 0 Å². The molecule has 1 unspecified atom stereocenters. The van der Waals surface area contributed by atoms with Crippen LogP contribution in [0, 0.1) is 5.92 Å². The third-order valence-corrected chi connectivity index (χ3v) is 3.89. The molecule has 0 aliphatic carbocycles. The molecule has 2 aromatic heterocycles. The number of hydrogen-bond donors (Lipinski definition) is 0. The summed E-state index contributed by atoms with van der Waals surface area (Å²) in [6.45, 7) is 5.45. The van der Waals surface area contributed by atoms with Gasteiger partial charge in [-0.15, -0.1) is 0 Å². The first-order valence-corrected chi connectivity index (χ1v) is 7.37. The van der Waals surface area contributed by atoms with Crippen LogP contribution in [-0.2, 0) is 6.54 Å². The SMILES string of the molecule is CC(C)Cn1cnc2c([AsH2])nc3ccccc3c21. The van der Waals surface area contributed by atoms with Crippen molar-refractivity contribution in [2.75, 3.05) is 0 Å². The van der Waals surface area contributed by atoms with Crippen molar-refractivity contribution >= 4 is 43.3 Å². The summed E-state index contributed by atoms with van der Waals surface area (Å²) in [5.41, 5.74) is 3.35. The summed E-state index contributed by atoms with van der Waals surface area (Å²) >= 11 is 1.54. The molecule has 0 N–H and O–H groups in total. The van der Waals surface area contributed by atoms with Gasteiger partial charge in [-0.25, -0.2) is 0 Å². The van der Waals surface area contributed by atoms with Gasteiger partial charge < -0.3 is 0 Å². The van der Waals surface area contributed by atoms with Crippen molar-refractivity contribution in [3.05, 3.63) is 30.6 Å². The van der Waals surface area contributed by atoms with Crippen molar-refractivity contribution in [3.8, 4) is 0 Å². The topological polar surface area (TPSA) is 30.7 Å². The second-order valence-corrected chi connectivity index (χ2v) is 6.15. The molecular weight excluding hydrogens is 285 g/mol. The molecule has 0 amide bonds. The molecule has 0 radical (unpaired) electrons. The zero-order valence-electron chi connectivity index (χ0n) is 10.6. The Balaban J connectivity index is 2.40. The van der Waals surface area contributed by atoms with E-state index < -0.39 is 0 Å². The first kappa shape index (κ1) is 11.7. The number of para-hydroxylation sites is 1. The third kappa shape index (κ3) is 1.83. The maximum absolute atomic E-state index is 4.65. The van der Waals surface area contributed by atoms with Crippen LogP contribution < -0.4 is 4.48 Å². The van der Waals surface area contributed by atoms with Crippen LogP contribution in [0.5, 0.6) is 0 Å². The third-order valence-electron chi connectivity index (χ3n) is 3.04. The molecule has 3 rings (SSSR count). The molecule has 0 spiro atoms. The molecule has 1 atom stereocenters. The van der Waals surface area contributed by atoms with Crippen LogP contribution in [0.4, 0.5) is 0 Å². The summed E-state index contributed by atoms with van der Waals surface area (Å²) in [4.78, 5) is 9.19. The average molecular weight is 301 g/mol. The molecule has 18 heavy (non-hydrogen) atoms. The van der Waals surface area contributed by atoms with E-state index in [1.54, 1.807) is 0 Å². The molecule has 3 nitrogen and oxygen atoms in total. The molecular formula is C14H16AsN3. The number of imidazole rings is 1. The Morgan fingerprint density at radius 3 is 2.83 bits per heavy atom. The van der Waals surface area contributed by atoms with E-state index in [9.17, 15) is 0 Å². The Hall–Kier alpha value is -1.34. The summed E-state index contributed by atoms with van der Waals surface area (Å²) in [5.74, 6) is 0.611. The number of hydrogen-bond acceptors (Lipinski definition) is 2. The summed E-state index contributed by atoms with van der Waals surface area (Å²) in [5, 5.41) is 1.20. The van der Waals surface area contributed by atoms with Crippen molar-refractivity contribution in [1.82, 2.24) is 14.5 Å². The van der Waals surface area contributed by atoms with Crippen molar-refractivity contribution < 1.29 is 0 Å². The Kier molecular flexibility index (Phi) is 2.87. The Labute approximate surface area is 115 Å². The quantitative estimate of drug-likeness (QED) is 0.672. The molecule has 0 bridgehead atoms. The summed E-state index contributed by atoms with van der Waals surface area (Å²) in [6, 6.07) is 8.31. The van der Waals surface area contributed by atoms with E-state index in [1.807, 2.05) is 12.4 Å². The fourth-order valence-electron chi connectivity index (χ4n) is 2.34. The van der Waals surface area contributed by atoms with Crippen LogP contribution in [0.2, 0.25) is 0 Å². The molecule has 0 saturated carbocycles. The molecule has 0 saturated heterocycles. The monoisotopic (exact) mass is 301 g/mol. The van der Waals surface area contributed by atoms with Gasteiger partial charge >= 0.3 is 115 Å². The van der Waals surface area contributed by atoms with E-state index in [1.165, 1.54) is 27.8 Å². The molecule has 0 aliphatic heterocycles. The van der Waals surface area contributed by atoms with Gasteiger partial charge in [0.15, 0.2) is 0 Å². The zero-order valence-corrected chi connectivity index (χ0v) is 13.0. The first-order valence-electron chi connectivity index (χ1n) is 6.16. The van der Waals surface area contributed by atoms with E-state index in [0.717, 1.165) is 22.1 Å². The molecule has 4 heteroatoms. The standard InChI is InChI=1S/C14H16AsN3/c1-9(2)7-18-8-16-12-13(18)10-5-3-4-6-11(10)17-14(12)15/h3-6,8-9H,7,15H2,1-2H3. The molecule has 2 heterocycles. The van der Waals surface area contributed by atoms with Gasteiger partial charge in [-0.1, -0.05) is 0 Å². The van der Waals surface area contributed by atoms with E-state index >= 15 is 0 Å². The van der Waals surface area contributed by atoms with Crippen LogP contribution in [0.25, 0.3) is 21.9 Å². The summed E-state index contributed by atoms with van der Waals surface area (Å²) in [7, 11) is 0. The van der Waals surface area contributed by atoms with Gasteiger partial charge in [-0.05, 0) is 0 Å². The Bertz CT molecular complexity index is 715. The first-order chi connectivity index (χ1) is 8.66. The van der Waals surface area contributed by atoms with Crippen LogP contribution >= 0.6 is 0 Å². The molecule has 0 aliphatic rings. The molecule has 0 fully saturated rings.